The van der Waals surface area contributed by atoms with Crippen molar-refractivity contribution in [2.24, 2.45) is 0 Å². The maximum atomic E-state index is 11.4. The van der Waals surface area contributed by atoms with Gasteiger partial charge in [-0.3, -0.25) is 4.79 Å². The minimum atomic E-state index is -0.124. The zero-order chi connectivity index (χ0) is 19.1. The van der Waals surface area contributed by atoms with Crippen LogP contribution >= 0.6 is 0 Å². The molecule has 0 aromatic carbocycles. The molecule has 0 amide bonds. The quantitative estimate of drug-likeness (QED) is 0.172. The average Bonchev–Trinajstić information content (AvgIpc) is 2.64. The Balaban J connectivity index is 3.12. The molecule has 0 aromatic heterocycles. The van der Waals surface area contributed by atoms with Crippen molar-refractivity contribution < 1.29 is 14.6 Å². The lowest BCUT2D eigenvalue weighted by atomic mass is 10.0. The van der Waals surface area contributed by atoms with E-state index in [1.54, 1.807) is 0 Å². The molecule has 0 unspecified atom stereocenters. The van der Waals surface area contributed by atoms with Crippen LogP contribution in [0.25, 0.3) is 0 Å². The van der Waals surface area contributed by atoms with Crippen molar-refractivity contribution in [2.75, 3.05) is 13.2 Å². The van der Waals surface area contributed by atoms with Gasteiger partial charge in [-0.25, -0.2) is 0 Å². The van der Waals surface area contributed by atoms with E-state index in [1.165, 1.54) is 64.2 Å². The minimum Gasteiger partial charge on any atom is -0.466 e. The van der Waals surface area contributed by atoms with Crippen LogP contribution in [0.5, 0.6) is 0 Å². The maximum absolute atomic E-state index is 11.4. The summed E-state index contributed by atoms with van der Waals surface area (Å²) in [5.41, 5.74) is 5.46. The summed E-state index contributed by atoms with van der Waals surface area (Å²) < 4.78 is 5.00. The first kappa shape index (κ1) is 24.7. The second kappa shape index (κ2) is 21.8. The Morgan fingerprint density at radius 3 is 1.92 bits per heavy atom. The van der Waals surface area contributed by atoms with Gasteiger partial charge in [0.1, 0.15) is 0 Å². The van der Waals surface area contributed by atoms with Crippen LogP contribution in [-0.4, -0.2) is 24.3 Å². The van der Waals surface area contributed by atoms with E-state index in [0.29, 0.717) is 19.4 Å². The Morgan fingerprint density at radius 1 is 0.846 bits per heavy atom. The number of ether oxygens (including phenoxy) is 1. The molecule has 0 aromatic rings. The van der Waals surface area contributed by atoms with E-state index in [-0.39, 0.29) is 12.6 Å². The third-order valence-corrected chi connectivity index (χ3v) is 4.37. The first-order chi connectivity index (χ1) is 12.8. The molecule has 26 heavy (non-hydrogen) atoms. The normalized spacial score (nSPS) is 10.2. The molecule has 1 radical (unpaired) electrons. The highest BCUT2D eigenvalue weighted by Gasteiger charge is 2.02. The van der Waals surface area contributed by atoms with Crippen molar-refractivity contribution in [1.82, 2.24) is 0 Å². The number of allylic oxidation sites excluding steroid dienone is 1. The number of carbonyl (C=O) groups is 1. The molecule has 0 atom stereocenters. The van der Waals surface area contributed by atoms with Gasteiger partial charge in [-0.05, 0) is 31.9 Å². The minimum absolute atomic E-state index is 0.0816. The molecule has 0 aliphatic carbocycles. The maximum Gasteiger partial charge on any atom is 0.305 e. The highest BCUT2D eigenvalue weighted by molar-refractivity contribution is 5.69. The topological polar surface area (TPSA) is 46.5 Å². The molecule has 0 aliphatic heterocycles. The zero-order valence-electron chi connectivity index (χ0n) is 16.6. The van der Waals surface area contributed by atoms with Gasteiger partial charge in [0.15, 0.2) is 0 Å². The molecule has 149 valence electrons. The smallest absolute Gasteiger partial charge is 0.305 e. The first-order valence-corrected chi connectivity index (χ1v) is 10.5. The number of esters is 1. The number of hydrogen-bond donors (Lipinski definition) is 1. The molecule has 0 fully saturated rings. The fourth-order valence-electron chi connectivity index (χ4n) is 2.82. The standard InChI is InChI=1S/C23H39O3/c1-2-3-4-5-6-7-8-9-10-11-12-13-14-15-16-17-18-20-23(25)26-22-19-21-24/h4-5,24H,1,6-22H2. The zero-order valence-corrected chi connectivity index (χ0v) is 16.6. The third-order valence-electron chi connectivity index (χ3n) is 4.37. The Kier molecular flexibility index (Phi) is 20.7. The summed E-state index contributed by atoms with van der Waals surface area (Å²) in [5.74, 6) is -0.124. The van der Waals surface area contributed by atoms with E-state index in [0.717, 1.165) is 19.3 Å². The lowest BCUT2D eigenvalue weighted by Gasteiger charge is -2.04. The summed E-state index contributed by atoms with van der Waals surface area (Å²) >= 11 is 0. The molecule has 0 bridgehead atoms. The van der Waals surface area contributed by atoms with Gasteiger partial charge in [0, 0.05) is 19.4 Å². The summed E-state index contributed by atoms with van der Waals surface area (Å²) in [5, 5.41) is 8.61. The second-order valence-electron chi connectivity index (χ2n) is 6.80. The predicted molar refractivity (Wildman–Crippen MR) is 109 cm³/mol. The largest absolute Gasteiger partial charge is 0.466 e. The first-order valence-electron chi connectivity index (χ1n) is 10.5. The van der Waals surface area contributed by atoms with Crippen LogP contribution in [0, 0.1) is 6.42 Å². The lowest BCUT2D eigenvalue weighted by molar-refractivity contribution is -0.144. The Morgan fingerprint density at radius 2 is 1.38 bits per heavy atom. The van der Waals surface area contributed by atoms with Crippen molar-refractivity contribution in [3.63, 3.8) is 0 Å². The molecule has 0 saturated heterocycles. The van der Waals surface area contributed by atoms with Gasteiger partial charge in [0.2, 0.25) is 0 Å². The molecule has 0 aliphatic rings. The van der Waals surface area contributed by atoms with E-state index >= 15 is 0 Å². The molecule has 0 saturated carbocycles. The summed E-state index contributed by atoms with van der Waals surface area (Å²) in [7, 11) is 0. The van der Waals surface area contributed by atoms with Crippen LogP contribution < -0.4 is 0 Å². The van der Waals surface area contributed by atoms with Crippen LogP contribution in [0.1, 0.15) is 96.3 Å². The summed E-state index contributed by atoms with van der Waals surface area (Å²) in [6, 6.07) is 0. The van der Waals surface area contributed by atoms with Crippen molar-refractivity contribution >= 4 is 5.97 Å². The number of aliphatic hydroxyl groups excluding tert-OH is 1. The average molecular weight is 364 g/mol. The summed E-state index contributed by atoms with van der Waals surface area (Å²) in [6.45, 7) is 3.90. The molecule has 0 spiro atoms. The van der Waals surface area contributed by atoms with Crippen LogP contribution in [0.15, 0.2) is 24.1 Å². The number of carbonyl (C=O) groups excluding carboxylic acids is 1. The van der Waals surface area contributed by atoms with Gasteiger partial charge >= 0.3 is 5.97 Å². The molecule has 0 rings (SSSR count). The van der Waals surface area contributed by atoms with E-state index in [2.05, 4.69) is 24.5 Å². The number of hydrogen-bond acceptors (Lipinski definition) is 3. The van der Waals surface area contributed by atoms with Crippen molar-refractivity contribution in [3.8, 4) is 0 Å². The summed E-state index contributed by atoms with van der Waals surface area (Å²) in [4.78, 5) is 11.4. The van der Waals surface area contributed by atoms with Gasteiger partial charge in [0.05, 0.1) is 6.61 Å². The van der Waals surface area contributed by atoms with Gasteiger partial charge in [-0.15, -0.1) is 0 Å². The van der Waals surface area contributed by atoms with Crippen molar-refractivity contribution in [2.45, 2.75) is 96.3 Å². The van der Waals surface area contributed by atoms with Gasteiger partial charge in [-0.1, -0.05) is 82.1 Å². The van der Waals surface area contributed by atoms with E-state index in [9.17, 15) is 4.79 Å². The van der Waals surface area contributed by atoms with Crippen LogP contribution in [-0.2, 0) is 9.53 Å². The molecular formula is C23H39O3. The Labute approximate surface area is 161 Å². The molecular weight excluding hydrogens is 324 g/mol. The van der Waals surface area contributed by atoms with E-state index in [1.807, 2.05) is 6.08 Å². The molecule has 3 nitrogen and oxygen atoms in total. The number of aliphatic hydroxyl groups is 1. The monoisotopic (exact) mass is 363 g/mol. The number of rotatable bonds is 19. The van der Waals surface area contributed by atoms with Crippen LogP contribution in [0.4, 0.5) is 0 Å². The predicted octanol–water partition coefficient (Wildman–Crippen LogP) is 6.07. The molecule has 3 heteroatoms. The summed E-state index contributed by atoms with van der Waals surface area (Å²) in [6.07, 6.45) is 21.5. The highest BCUT2D eigenvalue weighted by atomic mass is 16.5. The van der Waals surface area contributed by atoms with Gasteiger partial charge in [-0.2, -0.15) is 0 Å². The van der Waals surface area contributed by atoms with Crippen molar-refractivity contribution in [3.05, 3.63) is 30.5 Å². The van der Waals surface area contributed by atoms with Crippen molar-refractivity contribution in [1.29, 1.82) is 0 Å². The Bertz CT molecular complexity index is 390. The van der Waals surface area contributed by atoms with Gasteiger partial charge in [0.25, 0.3) is 0 Å². The SMILES string of the molecule is C=C=C=C[CH]CCCCCCCCCCCCCCC(=O)OCCCO. The van der Waals surface area contributed by atoms with Crippen LogP contribution in [0.3, 0.4) is 0 Å². The second-order valence-corrected chi connectivity index (χ2v) is 6.80. The highest BCUT2D eigenvalue weighted by Crippen LogP contribution is 2.13. The van der Waals surface area contributed by atoms with E-state index < -0.39 is 0 Å². The lowest BCUT2D eigenvalue weighted by Crippen LogP contribution is -2.06. The third kappa shape index (κ3) is 20.8. The van der Waals surface area contributed by atoms with Gasteiger partial charge < -0.3 is 9.84 Å². The molecule has 0 heterocycles. The van der Waals surface area contributed by atoms with E-state index in [4.69, 9.17) is 9.84 Å². The van der Waals surface area contributed by atoms with Crippen LogP contribution in [0.2, 0.25) is 0 Å². The Hall–Kier alpha value is -1.27. The fraction of sp³-hybridized carbons (Fsp3) is 0.739. The number of unbranched alkanes of at least 4 members (excludes halogenated alkanes) is 13. The molecule has 1 N–H and O–H groups in total. The fourth-order valence-corrected chi connectivity index (χ4v) is 2.82.